The Morgan fingerprint density at radius 3 is 2.32 bits per heavy atom. The number of carbonyl (C=O) groups excluding carboxylic acids is 2. The second kappa shape index (κ2) is 7.09. The number of hydrogen-bond acceptors (Lipinski definition) is 2. The van der Waals surface area contributed by atoms with Crippen molar-refractivity contribution in [2.45, 2.75) is 45.2 Å². The standard InChI is InChI=1S/C21H24N2O2/c1-3-4-14-21(18-8-6-5-7-9-18)19(24)23(20(25)22-21)15-17-12-10-16(2)11-13-17/h5-13H,3-4,14-15H2,1-2H3,(H,22,25). The number of benzene rings is 2. The van der Waals surface area contributed by atoms with Gasteiger partial charge in [0.25, 0.3) is 5.91 Å². The summed E-state index contributed by atoms with van der Waals surface area (Å²) in [5.41, 5.74) is 2.02. The lowest BCUT2D eigenvalue weighted by molar-refractivity contribution is -0.132. The van der Waals surface area contributed by atoms with Crippen LogP contribution in [0, 0.1) is 6.92 Å². The summed E-state index contributed by atoms with van der Waals surface area (Å²) in [5.74, 6) is -0.155. The average molecular weight is 336 g/mol. The predicted molar refractivity (Wildman–Crippen MR) is 97.9 cm³/mol. The molecule has 4 nitrogen and oxygen atoms in total. The van der Waals surface area contributed by atoms with Crippen molar-refractivity contribution in [1.29, 1.82) is 0 Å². The van der Waals surface area contributed by atoms with Crippen molar-refractivity contribution in [3.05, 3.63) is 71.3 Å². The Kier molecular flexibility index (Phi) is 4.88. The van der Waals surface area contributed by atoms with Gasteiger partial charge < -0.3 is 5.32 Å². The van der Waals surface area contributed by atoms with E-state index in [1.807, 2.05) is 61.5 Å². The number of rotatable bonds is 6. The van der Waals surface area contributed by atoms with Crippen LogP contribution in [0.25, 0.3) is 0 Å². The highest BCUT2D eigenvalue weighted by atomic mass is 16.2. The van der Waals surface area contributed by atoms with Crippen molar-refractivity contribution in [2.24, 2.45) is 0 Å². The first-order chi connectivity index (χ1) is 12.1. The van der Waals surface area contributed by atoms with Crippen LogP contribution in [0.3, 0.4) is 0 Å². The van der Waals surface area contributed by atoms with E-state index >= 15 is 0 Å². The van der Waals surface area contributed by atoms with E-state index in [0.29, 0.717) is 13.0 Å². The molecule has 1 fully saturated rings. The molecular weight excluding hydrogens is 312 g/mol. The highest BCUT2D eigenvalue weighted by Crippen LogP contribution is 2.34. The first kappa shape index (κ1) is 17.2. The molecule has 2 aromatic carbocycles. The third kappa shape index (κ3) is 3.29. The van der Waals surface area contributed by atoms with Gasteiger partial charge in [0.1, 0.15) is 5.54 Å². The van der Waals surface area contributed by atoms with Gasteiger partial charge in [-0.05, 0) is 24.5 Å². The molecule has 1 heterocycles. The van der Waals surface area contributed by atoms with E-state index in [0.717, 1.165) is 29.5 Å². The number of carbonyl (C=O) groups is 2. The lowest BCUT2D eigenvalue weighted by atomic mass is 9.85. The monoisotopic (exact) mass is 336 g/mol. The predicted octanol–water partition coefficient (Wildman–Crippen LogP) is 4.13. The Labute approximate surface area is 148 Å². The summed E-state index contributed by atoms with van der Waals surface area (Å²) in [6.07, 6.45) is 2.46. The molecule has 0 saturated carbocycles. The van der Waals surface area contributed by atoms with Gasteiger partial charge in [-0.25, -0.2) is 4.79 Å². The van der Waals surface area contributed by atoms with Gasteiger partial charge in [-0.15, -0.1) is 0 Å². The lowest BCUT2D eigenvalue weighted by Gasteiger charge is -2.27. The molecule has 1 aliphatic rings. The van der Waals surface area contributed by atoms with E-state index in [-0.39, 0.29) is 11.9 Å². The minimum Gasteiger partial charge on any atom is -0.319 e. The molecule has 1 N–H and O–H groups in total. The molecule has 0 radical (unpaired) electrons. The molecule has 0 aliphatic carbocycles. The smallest absolute Gasteiger partial charge is 0.319 e. The van der Waals surface area contributed by atoms with Crippen LogP contribution in [-0.2, 0) is 16.9 Å². The zero-order valence-corrected chi connectivity index (χ0v) is 14.8. The average Bonchev–Trinajstić information content (AvgIpc) is 2.87. The molecule has 130 valence electrons. The van der Waals surface area contributed by atoms with E-state index in [1.54, 1.807) is 0 Å². The van der Waals surface area contributed by atoms with Crippen LogP contribution in [-0.4, -0.2) is 16.8 Å². The lowest BCUT2D eigenvalue weighted by Crippen LogP contribution is -2.44. The molecule has 2 aromatic rings. The van der Waals surface area contributed by atoms with Gasteiger partial charge in [0.05, 0.1) is 6.54 Å². The molecule has 25 heavy (non-hydrogen) atoms. The van der Waals surface area contributed by atoms with Crippen molar-refractivity contribution >= 4 is 11.9 Å². The second-order valence-corrected chi connectivity index (χ2v) is 6.68. The third-order valence-electron chi connectivity index (χ3n) is 4.81. The summed E-state index contributed by atoms with van der Waals surface area (Å²) in [4.78, 5) is 27.2. The Morgan fingerprint density at radius 2 is 1.68 bits per heavy atom. The quantitative estimate of drug-likeness (QED) is 0.806. The Balaban J connectivity index is 1.91. The number of nitrogens with one attached hydrogen (secondary N) is 1. The number of amides is 3. The summed E-state index contributed by atoms with van der Waals surface area (Å²) in [7, 11) is 0. The molecule has 0 bridgehead atoms. The van der Waals surface area contributed by atoms with Crippen molar-refractivity contribution in [1.82, 2.24) is 10.2 Å². The van der Waals surface area contributed by atoms with Gasteiger partial charge in [0, 0.05) is 0 Å². The summed E-state index contributed by atoms with van der Waals surface area (Å²) in [5, 5.41) is 2.99. The minimum absolute atomic E-state index is 0.155. The van der Waals surface area contributed by atoms with Gasteiger partial charge in [0.2, 0.25) is 0 Å². The minimum atomic E-state index is -0.945. The SMILES string of the molecule is CCCCC1(c2ccccc2)NC(=O)N(Cc2ccc(C)cc2)C1=O. The van der Waals surface area contributed by atoms with E-state index in [2.05, 4.69) is 12.2 Å². The number of aryl methyl sites for hydroxylation is 1. The third-order valence-corrected chi connectivity index (χ3v) is 4.81. The van der Waals surface area contributed by atoms with Crippen LogP contribution in [0.5, 0.6) is 0 Å². The fraction of sp³-hybridized carbons (Fsp3) is 0.333. The normalized spacial score (nSPS) is 20.0. The van der Waals surface area contributed by atoms with Crippen LogP contribution in [0.1, 0.15) is 42.9 Å². The summed E-state index contributed by atoms with van der Waals surface area (Å²) < 4.78 is 0. The van der Waals surface area contributed by atoms with Gasteiger partial charge in [-0.3, -0.25) is 9.69 Å². The maximum Gasteiger partial charge on any atom is 0.325 e. The fourth-order valence-electron chi connectivity index (χ4n) is 3.32. The highest BCUT2D eigenvalue weighted by molar-refractivity contribution is 6.07. The molecule has 1 unspecified atom stereocenters. The maximum absolute atomic E-state index is 13.3. The number of unbranched alkanes of at least 4 members (excludes halogenated alkanes) is 1. The van der Waals surface area contributed by atoms with Gasteiger partial charge in [-0.1, -0.05) is 79.9 Å². The summed E-state index contributed by atoms with van der Waals surface area (Å²) >= 11 is 0. The molecule has 4 heteroatoms. The van der Waals surface area contributed by atoms with Crippen LogP contribution >= 0.6 is 0 Å². The van der Waals surface area contributed by atoms with Crippen LogP contribution in [0.15, 0.2) is 54.6 Å². The summed E-state index contributed by atoms with van der Waals surface area (Å²) in [6.45, 7) is 4.40. The van der Waals surface area contributed by atoms with Gasteiger partial charge in [0.15, 0.2) is 0 Å². The van der Waals surface area contributed by atoms with Crippen LogP contribution in [0.2, 0.25) is 0 Å². The number of nitrogens with zero attached hydrogens (tertiary/aromatic N) is 1. The Morgan fingerprint density at radius 1 is 1.00 bits per heavy atom. The van der Waals surface area contributed by atoms with E-state index in [9.17, 15) is 9.59 Å². The zero-order chi connectivity index (χ0) is 17.9. The van der Waals surface area contributed by atoms with Crippen molar-refractivity contribution in [3.8, 4) is 0 Å². The van der Waals surface area contributed by atoms with Crippen molar-refractivity contribution in [3.63, 3.8) is 0 Å². The molecule has 1 saturated heterocycles. The second-order valence-electron chi connectivity index (χ2n) is 6.68. The summed E-state index contributed by atoms with van der Waals surface area (Å²) in [6, 6.07) is 17.2. The number of urea groups is 1. The first-order valence-electron chi connectivity index (χ1n) is 8.82. The van der Waals surface area contributed by atoms with Crippen LogP contribution < -0.4 is 5.32 Å². The maximum atomic E-state index is 13.3. The van der Waals surface area contributed by atoms with Crippen molar-refractivity contribution < 1.29 is 9.59 Å². The van der Waals surface area contributed by atoms with Crippen LogP contribution in [0.4, 0.5) is 4.79 Å². The molecular formula is C21H24N2O2. The number of hydrogen-bond donors (Lipinski definition) is 1. The Hall–Kier alpha value is -2.62. The van der Waals surface area contributed by atoms with E-state index < -0.39 is 5.54 Å². The molecule has 3 amide bonds. The Bertz CT molecular complexity index is 755. The largest absolute Gasteiger partial charge is 0.325 e. The van der Waals surface area contributed by atoms with Crippen molar-refractivity contribution in [2.75, 3.05) is 0 Å². The molecule has 1 atom stereocenters. The molecule has 0 aromatic heterocycles. The highest BCUT2D eigenvalue weighted by Gasteiger charge is 2.51. The molecule has 0 spiro atoms. The van der Waals surface area contributed by atoms with E-state index in [4.69, 9.17) is 0 Å². The molecule has 1 aliphatic heterocycles. The molecule has 3 rings (SSSR count). The first-order valence-corrected chi connectivity index (χ1v) is 8.82. The van der Waals surface area contributed by atoms with Gasteiger partial charge in [-0.2, -0.15) is 0 Å². The zero-order valence-electron chi connectivity index (χ0n) is 14.8. The number of imide groups is 1. The fourth-order valence-corrected chi connectivity index (χ4v) is 3.32. The topological polar surface area (TPSA) is 49.4 Å². The van der Waals surface area contributed by atoms with Gasteiger partial charge >= 0.3 is 6.03 Å². The van der Waals surface area contributed by atoms with E-state index in [1.165, 1.54) is 4.90 Å².